The van der Waals surface area contributed by atoms with Crippen LogP contribution in [0.4, 0.5) is 5.13 Å². The van der Waals surface area contributed by atoms with Gasteiger partial charge in [0.2, 0.25) is 11.0 Å². The van der Waals surface area contributed by atoms with Crippen molar-refractivity contribution in [2.24, 2.45) is 0 Å². The molecule has 0 saturated carbocycles. The van der Waals surface area contributed by atoms with Gasteiger partial charge in [-0.25, -0.2) is 4.98 Å². The van der Waals surface area contributed by atoms with E-state index in [2.05, 4.69) is 20.3 Å². The number of nitrogens with two attached hydrogens (primary N) is 1. The Morgan fingerprint density at radius 1 is 1.23 bits per heavy atom. The minimum Gasteiger partial charge on any atom is -0.480 e. The van der Waals surface area contributed by atoms with E-state index in [1.54, 1.807) is 17.7 Å². The van der Waals surface area contributed by atoms with E-state index in [1.165, 1.54) is 23.1 Å². The predicted molar refractivity (Wildman–Crippen MR) is 85.5 cm³/mol. The molecule has 0 saturated heterocycles. The van der Waals surface area contributed by atoms with Crippen LogP contribution in [0.2, 0.25) is 0 Å². The van der Waals surface area contributed by atoms with Gasteiger partial charge in [0.1, 0.15) is 0 Å². The molecule has 3 aromatic heterocycles. The van der Waals surface area contributed by atoms with Crippen LogP contribution in [0.3, 0.4) is 0 Å². The monoisotopic (exact) mass is 330 g/mol. The zero-order chi connectivity index (χ0) is 15.1. The molecule has 0 aliphatic carbocycles. The van der Waals surface area contributed by atoms with Gasteiger partial charge in [-0.05, 0) is 30.0 Å². The SMILES string of the molecule is COc1ccc2nnc(Sc3cccc4sc(N)nc34)n2n1. The van der Waals surface area contributed by atoms with Crippen LogP contribution < -0.4 is 10.5 Å². The van der Waals surface area contributed by atoms with Gasteiger partial charge >= 0.3 is 0 Å². The maximum Gasteiger partial charge on any atom is 0.231 e. The van der Waals surface area contributed by atoms with Crippen LogP contribution in [0, 0.1) is 0 Å². The van der Waals surface area contributed by atoms with Gasteiger partial charge in [-0.3, -0.25) is 0 Å². The van der Waals surface area contributed by atoms with Crippen LogP contribution >= 0.6 is 23.1 Å². The van der Waals surface area contributed by atoms with Crippen LogP contribution in [0.25, 0.3) is 15.9 Å². The molecule has 0 amide bonds. The number of ether oxygens (including phenoxy) is 1. The summed E-state index contributed by atoms with van der Waals surface area (Å²) in [4.78, 5) is 5.34. The topological polar surface area (TPSA) is 91.2 Å². The van der Waals surface area contributed by atoms with Gasteiger partial charge in [0.05, 0.1) is 17.3 Å². The second-order valence-corrected chi connectivity index (χ2v) is 6.46. The summed E-state index contributed by atoms with van der Waals surface area (Å²) < 4.78 is 7.84. The molecule has 0 radical (unpaired) electrons. The number of hydrogen-bond acceptors (Lipinski definition) is 8. The highest BCUT2D eigenvalue weighted by Crippen LogP contribution is 2.35. The molecule has 4 aromatic rings. The van der Waals surface area contributed by atoms with E-state index in [0.717, 1.165) is 15.1 Å². The van der Waals surface area contributed by atoms with Crippen molar-refractivity contribution < 1.29 is 4.74 Å². The van der Waals surface area contributed by atoms with E-state index in [4.69, 9.17) is 10.5 Å². The Hall–Kier alpha value is -2.39. The van der Waals surface area contributed by atoms with Gasteiger partial charge in [0, 0.05) is 11.0 Å². The Balaban J connectivity index is 1.82. The number of anilines is 1. The number of nitrogen functional groups attached to an aromatic ring is 1. The molecule has 2 N–H and O–H groups in total. The third-order valence-electron chi connectivity index (χ3n) is 3.02. The first-order valence-corrected chi connectivity index (χ1v) is 7.97. The van der Waals surface area contributed by atoms with Gasteiger partial charge in [0.25, 0.3) is 0 Å². The molecular weight excluding hydrogens is 320 g/mol. The Bertz CT molecular complexity index is 979. The van der Waals surface area contributed by atoms with Crippen LogP contribution in [0.1, 0.15) is 0 Å². The average molecular weight is 330 g/mol. The Labute approximate surface area is 133 Å². The molecule has 0 atom stereocenters. The number of methoxy groups -OCH3 is 1. The van der Waals surface area contributed by atoms with E-state index >= 15 is 0 Å². The molecule has 0 fully saturated rings. The lowest BCUT2D eigenvalue weighted by molar-refractivity contribution is 0.388. The molecule has 110 valence electrons. The van der Waals surface area contributed by atoms with E-state index < -0.39 is 0 Å². The summed E-state index contributed by atoms with van der Waals surface area (Å²) >= 11 is 2.91. The van der Waals surface area contributed by atoms with Gasteiger partial charge in [0.15, 0.2) is 10.8 Å². The zero-order valence-corrected chi connectivity index (χ0v) is 13.1. The summed E-state index contributed by atoms with van der Waals surface area (Å²) in [6.45, 7) is 0. The van der Waals surface area contributed by atoms with Crippen molar-refractivity contribution in [1.82, 2.24) is 24.8 Å². The third-order valence-corrected chi connectivity index (χ3v) is 4.85. The highest BCUT2D eigenvalue weighted by Gasteiger charge is 2.13. The minimum absolute atomic E-state index is 0.505. The Morgan fingerprint density at radius 3 is 3.00 bits per heavy atom. The molecular formula is C13H10N6OS2. The first-order valence-electron chi connectivity index (χ1n) is 6.34. The van der Waals surface area contributed by atoms with Gasteiger partial charge in [-0.2, -0.15) is 4.52 Å². The molecule has 7 nitrogen and oxygen atoms in total. The van der Waals surface area contributed by atoms with Crippen molar-refractivity contribution in [3.8, 4) is 5.88 Å². The maximum atomic E-state index is 5.80. The van der Waals surface area contributed by atoms with Crippen LogP contribution in [-0.4, -0.2) is 31.9 Å². The number of aromatic nitrogens is 5. The Morgan fingerprint density at radius 2 is 2.14 bits per heavy atom. The van der Waals surface area contributed by atoms with Crippen molar-refractivity contribution in [3.63, 3.8) is 0 Å². The second-order valence-electron chi connectivity index (χ2n) is 4.39. The first kappa shape index (κ1) is 13.3. The van der Waals surface area contributed by atoms with Crippen molar-refractivity contribution in [3.05, 3.63) is 30.3 Å². The lowest BCUT2D eigenvalue weighted by Gasteiger charge is -2.02. The Kier molecular flexibility index (Phi) is 3.09. The molecule has 0 aliphatic rings. The largest absolute Gasteiger partial charge is 0.480 e. The zero-order valence-electron chi connectivity index (χ0n) is 11.4. The van der Waals surface area contributed by atoms with E-state index in [1.807, 2.05) is 24.3 Å². The summed E-state index contributed by atoms with van der Waals surface area (Å²) in [5.74, 6) is 0.505. The van der Waals surface area contributed by atoms with Crippen molar-refractivity contribution >= 4 is 44.1 Å². The summed E-state index contributed by atoms with van der Waals surface area (Å²) in [7, 11) is 1.57. The fraction of sp³-hybridized carbons (Fsp3) is 0.0769. The van der Waals surface area contributed by atoms with Crippen molar-refractivity contribution in [1.29, 1.82) is 0 Å². The molecule has 0 bridgehead atoms. The standard InChI is InChI=1S/C13H10N6OS2/c1-20-10-6-5-9-16-17-13(19(9)18-10)22-8-4-2-3-7-11(8)15-12(14)21-7/h2-6H,1H3,(H2,14,15). The minimum atomic E-state index is 0.505. The number of benzene rings is 1. The molecule has 4 rings (SSSR count). The normalized spacial score (nSPS) is 11.3. The number of fused-ring (bicyclic) bond motifs is 2. The van der Waals surface area contributed by atoms with E-state index in [-0.39, 0.29) is 0 Å². The maximum absolute atomic E-state index is 5.80. The van der Waals surface area contributed by atoms with Crippen LogP contribution in [-0.2, 0) is 0 Å². The van der Waals surface area contributed by atoms with E-state index in [9.17, 15) is 0 Å². The first-order chi connectivity index (χ1) is 10.7. The number of rotatable bonds is 3. The highest BCUT2D eigenvalue weighted by molar-refractivity contribution is 7.99. The lowest BCUT2D eigenvalue weighted by atomic mass is 10.3. The number of hydrogen-bond donors (Lipinski definition) is 1. The molecule has 3 heterocycles. The highest BCUT2D eigenvalue weighted by atomic mass is 32.2. The number of para-hydroxylation sites is 1. The second kappa shape index (κ2) is 5.11. The molecule has 22 heavy (non-hydrogen) atoms. The quantitative estimate of drug-likeness (QED) is 0.617. The van der Waals surface area contributed by atoms with Gasteiger partial charge in [-0.1, -0.05) is 17.4 Å². The van der Waals surface area contributed by atoms with Gasteiger partial charge < -0.3 is 10.5 Å². The molecule has 9 heteroatoms. The molecule has 0 spiro atoms. The average Bonchev–Trinajstić information content (AvgIpc) is 3.10. The third kappa shape index (κ3) is 2.14. The smallest absolute Gasteiger partial charge is 0.231 e. The lowest BCUT2D eigenvalue weighted by Crippen LogP contribution is -1.97. The van der Waals surface area contributed by atoms with Gasteiger partial charge in [-0.15, -0.1) is 15.3 Å². The summed E-state index contributed by atoms with van der Waals surface area (Å²) in [5, 5.41) is 13.8. The summed E-state index contributed by atoms with van der Waals surface area (Å²) in [5.41, 5.74) is 7.33. The number of thiazole rings is 1. The van der Waals surface area contributed by atoms with Crippen molar-refractivity contribution in [2.75, 3.05) is 12.8 Å². The predicted octanol–water partition coefficient (Wildman–Crippen LogP) is 2.48. The summed E-state index contributed by atoms with van der Waals surface area (Å²) in [6, 6.07) is 9.51. The fourth-order valence-electron chi connectivity index (χ4n) is 2.05. The van der Waals surface area contributed by atoms with E-state index in [0.29, 0.717) is 21.8 Å². The van der Waals surface area contributed by atoms with Crippen LogP contribution in [0.15, 0.2) is 40.4 Å². The number of nitrogens with zero attached hydrogens (tertiary/aromatic N) is 5. The fourth-order valence-corrected chi connectivity index (χ4v) is 3.77. The van der Waals surface area contributed by atoms with Crippen molar-refractivity contribution in [2.45, 2.75) is 10.1 Å². The molecule has 1 aromatic carbocycles. The molecule has 0 unspecified atom stereocenters. The van der Waals surface area contributed by atoms with Crippen LogP contribution in [0.5, 0.6) is 5.88 Å². The molecule has 0 aliphatic heterocycles. The summed E-state index contributed by atoms with van der Waals surface area (Å²) in [6.07, 6.45) is 0.